The summed E-state index contributed by atoms with van der Waals surface area (Å²) in [5, 5.41) is 6.91. The van der Waals surface area contributed by atoms with E-state index in [0.29, 0.717) is 5.92 Å². The van der Waals surface area contributed by atoms with Crippen molar-refractivity contribution in [3.05, 3.63) is 15.6 Å². The largest absolute Gasteiger partial charge is 0.338 e. The Labute approximate surface area is 106 Å². The third-order valence-electron chi connectivity index (χ3n) is 2.93. The molecule has 1 heterocycles. The Kier molecular flexibility index (Phi) is 3.66. The summed E-state index contributed by atoms with van der Waals surface area (Å²) in [7, 11) is 0. The molecule has 1 aliphatic carbocycles. The van der Waals surface area contributed by atoms with Crippen molar-refractivity contribution in [3.63, 3.8) is 0 Å². The summed E-state index contributed by atoms with van der Waals surface area (Å²) in [5.74, 6) is 0.712. The number of hydrogen-bond donors (Lipinski definition) is 2. The molecule has 0 saturated heterocycles. The highest BCUT2D eigenvalue weighted by molar-refractivity contribution is 7.11. The van der Waals surface area contributed by atoms with Gasteiger partial charge >= 0.3 is 6.03 Å². The number of urea groups is 1. The second kappa shape index (κ2) is 5.04. The molecule has 1 aliphatic rings. The molecule has 0 spiro atoms. The van der Waals surface area contributed by atoms with E-state index in [1.165, 1.54) is 12.8 Å². The third kappa shape index (κ3) is 3.43. The van der Waals surface area contributed by atoms with Crippen molar-refractivity contribution in [2.75, 3.05) is 6.54 Å². The number of hydrogen-bond acceptors (Lipinski definition) is 3. The highest BCUT2D eigenvalue weighted by Crippen LogP contribution is 2.27. The van der Waals surface area contributed by atoms with Gasteiger partial charge in [0.1, 0.15) is 0 Å². The number of rotatable bonds is 4. The quantitative estimate of drug-likeness (QED) is 0.866. The van der Waals surface area contributed by atoms with E-state index in [2.05, 4.69) is 15.6 Å². The molecule has 0 aliphatic heterocycles. The lowest BCUT2D eigenvalue weighted by atomic mass is 10.2. The van der Waals surface area contributed by atoms with Crippen molar-refractivity contribution in [1.82, 2.24) is 15.6 Å². The van der Waals surface area contributed by atoms with Gasteiger partial charge in [-0.05, 0) is 39.5 Å². The zero-order valence-corrected chi connectivity index (χ0v) is 11.4. The molecule has 2 N–H and O–H groups in total. The Morgan fingerprint density at radius 1 is 1.53 bits per heavy atom. The molecule has 0 aromatic carbocycles. The fraction of sp³-hybridized carbons (Fsp3) is 0.667. The molecule has 1 unspecified atom stereocenters. The summed E-state index contributed by atoms with van der Waals surface area (Å²) >= 11 is 1.65. The Bertz CT molecular complexity index is 412. The Morgan fingerprint density at radius 2 is 2.24 bits per heavy atom. The van der Waals surface area contributed by atoms with Crippen LogP contribution in [-0.4, -0.2) is 17.6 Å². The molecule has 5 heteroatoms. The van der Waals surface area contributed by atoms with Gasteiger partial charge in [0, 0.05) is 11.4 Å². The average Bonchev–Trinajstić information content (AvgIpc) is 3.01. The molecule has 1 aromatic heterocycles. The Hall–Kier alpha value is -1.10. The lowest BCUT2D eigenvalue weighted by Crippen LogP contribution is -2.37. The van der Waals surface area contributed by atoms with Crippen LogP contribution in [0.1, 0.15) is 41.4 Å². The monoisotopic (exact) mass is 253 g/mol. The summed E-state index contributed by atoms with van der Waals surface area (Å²) in [6, 6.07) is -0.0461. The van der Waals surface area contributed by atoms with E-state index in [1.54, 1.807) is 11.3 Å². The lowest BCUT2D eigenvalue weighted by Gasteiger charge is -2.13. The van der Waals surface area contributed by atoms with Gasteiger partial charge in [0.05, 0.1) is 16.7 Å². The molecule has 94 valence electrons. The van der Waals surface area contributed by atoms with Crippen molar-refractivity contribution in [2.45, 2.75) is 39.7 Å². The number of carbonyl (C=O) groups is 1. The molecule has 1 saturated carbocycles. The van der Waals surface area contributed by atoms with Crippen LogP contribution in [-0.2, 0) is 0 Å². The van der Waals surface area contributed by atoms with E-state index in [-0.39, 0.29) is 12.1 Å². The van der Waals surface area contributed by atoms with Crippen LogP contribution in [0, 0.1) is 19.8 Å². The molecule has 0 radical (unpaired) electrons. The zero-order valence-electron chi connectivity index (χ0n) is 10.5. The minimum Gasteiger partial charge on any atom is -0.338 e. The molecule has 1 fully saturated rings. The van der Waals surface area contributed by atoms with E-state index in [4.69, 9.17) is 0 Å². The molecule has 2 amide bonds. The number of carbonyl (C=O) groups excluding carboxylic acids is 1. The fourth-order valence-electron chi connectivity index (χ4n) is 1.82. The SMILES string of the molecule is Cc1nc(C)c(C(C)NC(=O)NCC2CC2)s1. The number of amides is 2. The van der Waals surface area contributed by atoms with Crippen LogP contribution >= 0.6 is 11.3 Å². The van der Waals surface area contributed by atoms with Crippen molar-refractivity contribution in [1.29, 1.82) is 0 Å². The molecule has 0 bridgehead atoms. The van der Waals surface area contributed by atoms with Gasteiger partial charge in [-0.3, -0.25) is 0 Å². The highest BCUT2D eigenvalue weighted by atomic mass is 32.1. The van der Waals surface area contributed by atoms with Gasteiger partial charge < -0.3 is 10.6 Å². The zero-order chi connectivity index (χ0) is 12.4. The van der Waals surface area contributed by atoms with E-state index >= 15 is 0 Å². The first kappa shape index (κ1) is 12.4. The van der Waals surface area contributed by atoms with Gasteiger partial charge in [0.25, 0.3) is 0 Å². The van der Waals surface area contributed by atoms with Gasteiger partial charge in [0.15, 0.2) is 0 Å². The van der Waals surface area contributed by atoms with Crippen molar-refractivity contribution in [3.8, 4) is 0 Å². The van der Waals surface area contributed by atoms with Gasteiger partial charge in [-0.15, -0.1) is 11.3 Å². The predicted octanol–water partition coefficient (Wildman–Crippen LogP) is 2.53. The summed E-state index contributed by atoms with van der Waals surface area (Å²) in [6.45, 7) is 6.77. The Morgan fingerprint density at radius 3 is 2.76 bits per heavy atom. The highest BCUT2D eigenvalue weighted by Gasteiger charge is 2.22. The van der Waals surface area contributed by atoms with Crippen molar-refractivity contribution in [2.24, 2.45) is 5.92 Å². The molecule has 2 rings (SSSR count). The maximum absolute atomic E-state index is 11.6. The topological polar surface area (TPSA) is 54.0 Å². The van der Waals surface area contributed by atoms with Crippen LogP contribution in [0.25, 0.3) is 0 Å². The lowest BCUT2D eigenvalue weighted by molar-refractivity contribution is 0.237. The van der Waals surface area contributed by atoms with Crippen LogP contribution in [0.15, 0.2) is 0 Å². The molecule has 1 atom stereocenters. The van der Waals surface area contributed by atoms with Crippen LogP contribution in [0.2, 0.25) is 0 Å². The van der Waals surface area contributed by atoms with Gasteiger partial charge in [-0.1, -0.05) is 0 Å². The number of aromatic nitrogens is 1. The maximum atomic E-state index is 11.6. The van der Waals surface area contributed by atoms with E-state index < -0.39 is 0 Å². The van der Waals surface area contributed by atoms with Gasteiger partial charge in [0.2, 0.25) is 0 Å². The number of nitrogens with one attached hydrogen (secondary N) is 2. The number of nitrogens with zero attached hydrogens (tertiary/aromatic N) is 1. The second-order valence-corrected chi connectivity index (χ2v) is 5.94. The molecule has 17 heavy (non-hydrogen) atoms. The fourth-order valence-corrected chi connectivity index (χ4v) is 2.75. The van der Waals surface area contributed by atoms with E-state index in [1.807, 2.05) is 20.8 Å². The number of aryl methyl sites for hydroxylation is 2. The minimum absolute atomic E-state index is 0.0282. The van der Waals surface area contributed by atoms with Gasteiger partial charge in [-0.25, -0.2) is 9.78 Å². The number of thiazole rings is 1. The summed E-state index contributed by atoms with van der Waals surface area (Å²) in [6.07, 6.45) is 2.51. The van der Waals surface area contributed by atoms with Crippen LogP contribution in [0.5, 0.6) is 0 Å². The Balaban J connectivity index is 1.84. The standard InChI is InChI=1S/C12H19N3OS/c1-7-11(17-9(3)14-7)8(2)15-12(16)13-6-10-4-5-10/h8,10H,4-6H2,1-3H3,(H2,13,15,16). The first-order chi connectivity index (χ1) is 8.06. The predicted molar refractivity (Wildman–Crippen MR) is 69.3 cm³/mol. The maximum Gasteiger partial charge on any atom is 0.315 e. The first-order valence-corrected chi connectivity index (χ1v) is 6.86. The summed E-state index contributed by atoms with van der Waals surface area (Å²) < 4.78 is 0. The normalized spacial score (nSPS) is 16.6. The minimum atomic E-state index is -0.0742. The van der Waals surface area contributed by atoms with Crippen molar-refractivity contribution >= 4 is 17.4 Å². The molecular weight excluding hydrogens is 234 g/mol. The van der Waals surface area contributed by atoms with Crippen LogP contribution < -0.4 is 10.6 Å². The second-order valence-electron chi connectivity index (χ2n) is 4.70. The smallest absolute Gasteiger partial charge is 0.315 e. The van der Waals surface area contributed by atoms with Crippen LogP contribution in [0.4, 0.5) is 4.79 Å². The third-order valence-corrected chi connectivity index (χ3v) is 4.18. The van der Waals surface area contributed by atoms with E-state index in [0.717, 1.165) is 22.1 Å². The average molecular weight is 253 g/mol. The van der Waals surface area contributed by atoms with Crippen molar-refractivity contribution < 1.29 is 4.79 Å². The van der Waals surface area contributed by atoms with E-state index in [9.17, 15) is 4.79 Å². The molecule has 1 aromatic rings. The molecule has 4 nitrogen and oxygen atoms in total. The van der Waals surface area contributed by atoms with Crippen LogP contribution in [0.3, 0.4) is 0 Å². The summed E-state index contributed by atoms with van der Waals surface area (Å²) in [4.78, 5) is 17.2. The van der Waals surface area contributed by atoms with Gasteiger partial charge in [-0.2, -0.15) is 0 Å². The summed E-state index contributed by atoms with van der Waals surface area (Å²) in [5.41, 5.74) is 1.02. The molecular formula is C12H19N3OS. The first-order valence-electron chi connectivity index (χ1n) is 6.04.